The summed E-state index contributed by atoms with van der Waals surface area (Å²) in [5.74, 6) is -1.11. The number of ketones is 1. The normalized spacial score (nSPS) is 19.9. The number of piperidine rings is 1. The molecule has 3 fully saturated rings. The monoisotopic (exact) mass is 777 g/mol. The SMILES string of the molecule is CC(C)(C)OC(=O)CN1CCC(CN2CCN(c3ccc(-c4cnc5[nH]cc(C(=O)c6cccc(N(N7CC[C@@H](F)C7)S(=O)O)c6F)c5c4)cc3)CC2)CC1. The van der Waals surface area contributed by atoms with Crippen LogP contribution in [0.1, 0.15) is 56.0 Å². The van der Waals surface area contributed by atoms with Crippen molar-refractivity contribution in [3.05, 3.63) is 77.9 Å². The number of halogens is 2. The Hall–Kier alpha value is -4.28. The molecule has 3 aliphatic rings. The molecule has 7 rings (SSSR count). The Morgan fingerprint density at radius 3 is 2.35 bits per heavy atom. The molecule has 4 aromatic rings. The van der Waals surface area contributed by atoms with Crippen molar-refractivity contribution in [2.24, 2.45) is 5.92 Å². The van der Waals surface area contributed by atoms with Crippen molar-refractivity contribution in [1.29, 1.82) is 0 Å². The number of aromatic amines is 1. The summed E-state index contributed by atoms with van der Waals surface area (Å²) in [6.07, 6.45) is 4.34. The first-order valence-corrected chi connectivity index (χ1v) is 20.0. The zero-order valence-electron chi connectivity index (χ0n) is 31.5. The number of nitrogens with one attached hydrogen (secondary N) is 1. The number of anilines is 2. The van der Waals surface area contributed by atoms with Crippen molar-refractivity contribution in [3.8, 4) is 11.1 Å². The van der Waals surface area contributed by atoms with E-state index in [-0.39, 0.29) is 42.3 Å². The Bertz CT molecular complexity index is 2020. The summed E-state index contributed by atoms with van der Waals surface area (Å²) in [5, 5.41) is 1.80. The summed E-state index contributed by atoms with van der Waals surface area (Å²) in [6.45, 7) is 12.8. The molecule has 0 saturated carbocycles. The topological polar surface area (TPSA) is 126 Å². The Morgan fingerprint density at radius 1 is 0.964 bits per heavy atom. The van der Waals surface area contributed by atoms with E-state index in [1.807, 2.05) is 39.0 Å². The maximum absolute atomic E-state index is 15.9. The van der Waals surface area contributed by atoms with Gasteiger partial charge >= 0.3 is 5.97 Å². The Balaban J connectivity index is 0.964. The number of carbonyl (C=O) groups excluding carboxylic acids is 2. The molecule has 2 aromatic carbocycles. The number of ether oxygens (including phenoxy) is 1. The number of pyridine rings is 1. The van der Waals surface area contributed by atoms with Gasteiger partial charge in [-0.25, -0.2) is 23.0 Å². The van der Waals surface area contributed by atoms with Crippen LogP contribution in [-0.2, 0) is 20.8 Å². The highest BCUT2D eigenvalue weighted by atomic mass is 32.2. The number of alkyl halides is 1. The molecule has 1 unspecified atom stereocenters. The zero-order chi connectivity index (χ0) is 38.9. The number of hydrogen-bond donors (Lipinski definition) is 2. The van der Waals surface area contributed by atoms with Crippen LogP contribution in [0.15, 0.2) is 60.9 Å². The molecule has 12 nitrogen and oxygen atoms in total. The fourth-order valence-electron chi connectivity index (χ4n) is 7.84. The lowest BCUT2D eigenvalue weighted by Gasteiger charge is -2.39. The average molecular weight is 778 g/mol. The quantitative estimate of drug-likeness (QED) is 0.112. The average Bonchev–Trinajstić information content (AvgIpc) is 3.78. The highest BCUT2D eigenvalue weighted by Crippen LogP contribution is 2.32. The summed E-state index contributed by atoms with van der Waals surface area (Å²) in [4.78, 5) is 40.7. The third-order valence-corrected chi connectivity index (χ3v) is 11.4. The second-order valence-electron chi connectivity index (χ2n) is 15.7. The van der Waals surface area contributed by atoms with Crippen molar-refractivity contribution in [2.75, 3.05) is 74.8 Å². The van der Waals surface area contributed by atoms with Crippen LogP contribution >= 0.6 is 0 Å². The minimum absolute atomic E-state index is 0.140. The molecule has 2 atom stereocenters. The van der Waals surface area contributed by atoms with Crippen molar-refractivity contribution in [2.45, 2.75) is 51.8 Å². The van der Waals surface area contributed by atoms with Crippen LogP contribution in [0.4, 0.5) is 20.2 Å². The lowest BCUT2D eigenvalue weighted by molar-refractivity contribution is -0.156. The molecule has 3 saturated heterocycles. The summed E-state index contributed by atoms with van der Waals surface area (Å²) >= 11 is -2.68. The number of aromatic nitrogens is 2. The van der Waals surface area contributed by atoms with Gasteiger partial charge in [0.2, 0.25) is 0 Å². The van der Waals surface area contributed by atoms with Gasteiger partial charge in [-0.3, -0.25) is 23.9 Å². The predicted molar refractivity (Wildman–Crippen MR) is 209 cm³/mol. The summed E-state index contributed by atoms with van der Waals surface area (Å²) in [7, 11) is 0. The van der Waals surface area contributed by atoms with E-state index in [2.05, 4.69) is 36.8 Å². The molecule has 15 heteroatoms. The highest BCUT2D eigenvalue weighted by molar-refractivity contribution is 7.80. The van der Waals surface area contributed by atoms with Gasteiger partial charge in [-0.2, -0.15) is 4.41 Å². The summed E-state index contributed by atoms with van der Waals surface area (Å²) < 4.78 is 58.4. The molecule has 2 N–H and O–H groups in total. The van der Waals surface area contributed by atoms with E-state index in [0.29, 0.717) is 23.5 Å². The molecule has 0 aliphatic carbocycles. The first kappa shape index (κ1) is 39.0. The van der Waals surface area contributed by atoms with Crippen LogP contribution in [0.2, 0.25) is 0 Å². The molecule has 3 aliphatic heterocycles. The van der Waals surface area contributed by atoms with Gasteiger partial charge in [-0.15, -0.1) is 0 Å². The Kier molecular flexibility index (Phi) is 11.7. The Labute approximate surface area is 322 Å². The van der Waals surface area contributed by atoms with E-state index < -0.39 is 34.6 Å². The van der Waals surface area contributed by atoms with Gasteiger partial charge in [0, 0.05) is 73.9 Å². The minimum atomic E-state index is -2.68. The molecule has 2 aromatic heterocycles. The van der Waals surface area contributed by atoms with E-state index in [1.54, 1.807) is 6.20 Å². The van der Waals surface area contributed by atoms with Crippen LogP contribution in [0.5, 0.6) is 0 Å². The molecule has 55 heavy (non-hydrogen) atoms. The lowest BCUT2D eigenvalue weighted by atomic mass is 9.96. The fourth-order valence-corrected chi connectivity index (χ4v) is 8.49. The third-order valence-electron chi connectivity index (χ3n) is 10.7. The van der Waals surface area contributed by atoms with Gasteiger partial charge in [-0.05, 0) is 94.9 Å². The fraction of sp³-hybridized carbons (Fsp3) is 0.475. The number of likely N-dealkylation sites (tertiary alicyclic amines) is 1. The molecule has 294 valence electrons. The van der Waals surface area contributed by atoms with Gasteiger partial charge in [-0.1, -0.05) is 18.2 Å². The number of nitrogens with zero attached hydrogens (tertiary/aromatic N) is 6. The third kappa shape index (κ3) is 9.07. The van der Waals surface area contributed by atoms with Crippen LogP contribution in [0.3, 0.4) is 0 Å². The van der Waals surface area contributed by atoms with Crippen LogP contribution in [0.25, 0.3) is 22.2 Å². The smallest absolute Gasteiger partial charge is 0.320 e. The number of hydrogen-bond acceptors (Lipinski definition) is 9. The van der Waals surface area contributed by atoms with Gasteiger partial charge in [0.25, 0.3) is 11.3 Å². The van der Waals surface area contributed by atoms with Gasteiger partial charge in [0.05, 0.1) is 18.7 Å². The first-order chi connectivity index (χ1) is 26.3. The van der Waals surface area contributed by atoms with E-state index in [0.717, 1.165) is 79.9 Å². The zero-order valence-corrected chi connectivity index (χ0v) is 32.4. The molecular weight excluding hydrogens is 729 g/mol. The lowest BCUT2D eigenvalue weighted by Crippen LogP contribution is -2.49. The van der Waals surface area contributed by atoms with Crippen LogP contribution in [-0.4, -0.2) is 123 Å². The number of hydrazine groups is 1. The molecule has 0 radical (unpaired) electrons. The van der Waals surface area contributed by atoms with Crippen molar-refractivity contribution < 1.29 is 31.9 Å². The van der Waals surface area contributed by atoms with Gasteiger partial charge in [0.1, 0.15) is 23.1 Å². The maximum atomic E-state index is 15.9. The number of esters is 1. The largest absolute Gasteiger partial charge is 0.459 e. The molecule has 0 bridgehead atoms. The van der Waals surface area contributed by atoms with Gasteiger partial charge in [0.15, 0.2) is 11.6 Å². The maximum Gasteiger partial charge on any atom is 0.320 e. The number of H-pyrrole nitrogens is 1. The van der Waals surface area contributed by atoms with E-state index in [4.69, 9.17) is 4.74 Å². The van der Waals surface area contributed by atoms with E-state index >= 15 is 4.39 Å². The van der Waals surface area contributed by atoms with Crippen molar-refractivity contribution >= 4 is 45.4 Å². The molecular formula is C40H49F2N7O5S. The second-order valence-corrected chi connectivity index (χ2v) is 16.5. The number of piperazine rings is 1. The highest BCUT2D eigenvalue weighted by Gasteiger charge is 2.33. The molecule has 0 spiro atoms. The number of carbonyl (C=O) groups is 2. The van der Waals surface area contributed by atoms with E-state index in [1.165, 1.54) is 29.4 Å². The van der Waals surface area contributed by atoms with Gasteiger partial charge < -0.3 is 14.6 Å². The summed E-state index contributed by atoms with van der Waals surface area (Å²) in [5.41, 5.74) is 2.50. The number of rotatable bonds is 11. The van der Waals surface area contributed by atoms with Crippen LogP contribution < -0.4 is 9.31 Å². The molecule has 0 amide bonds. The molecule has 5 heterocycles. The standard InChI is InChI=1S/C40H49F2N7O5S/c1-40(2,3)54-36(50)26-45-14-11-27(12-15-45)24-46-17-19-47(20-18-46)31-9-7-28(8-10-31)29-21-33-34(23-44-39(33)43-22-29)38(51)32-5-4-6-35(37(32)42)49(55(52)53)48-16-13-30(41)25-48/h4-10,21-23,27,30H,11-20,24-26H2,1-3H3,(H,43,44)(H,52,53)/t30-/m1/s1. The second kappa shape index (κ2) is 16.4. The Morgan fingerprint density at radius 2 is 1.69 bits per heavy atom. The predicted octanol–water partition coefficient (Wildman–Crippen LogP) is 5.68. The van der Waals surface area contributed by atoms with Crippen LogP contribution in [0, 0.1) is 11.7 Å². The first-order valence-electron chi connectivity index (χ1n) is 19.0. The summed E-state index contributed by atoms with van der Waals surface area (Å²) in [6, 6.07) is 14.2. The number of benzene rings is 2. The minimum Gasteiger partial charge on any atom is -0.459 e. The van der Waals surface area contributed by atoms with E-state index in [9.17, 15) is 22.7 Å². The van der Waals surface area contributed by atoms with Crippen molar-refractivity contribution in [1.82, 2.24) is 24.8 Å². The van der Waals surface area contributed by atoms with Crippen molar-refractivity contribution in [3.63, 3.8) is 0 Å². The number of fused-ring (bicyclic) bond motifs is 1.